The van der Waals surface area contributed by atoms with Crippen molar-refractivity contribution in [3.63, 3.8) is 0 Å². The molecule has 0 saturated carbocycles. The maximum absolute atomic E-state index is 13.9. The third kappa shape index (κ3) is 8.24. The highest BCUT2D eigenvalue weighted by Crippen LogP contribution is 2.28. The molecule has 0 fully saturated rings. The van der Waals surface area contributed by atoms with Crippen LogP contribution in [0.4, 0.5) is 10.5 Å². The van der Waals surface area contributed by atoms with Gasteiger partial charge in [-0.2, -0.15) is 5.26 Å². The molecule has 0 saturated heterocycles. The number of anilines is 1. The van der Waals surface area contributed by atoms with Crippen LogP contribution in [0.1, 0.15) is 51.8 Å². The van der Waals surface area contributed by atoms with E-state index < -0.39 is 35.6 Å². The van der Waals surface area contributed by atoms with E-state index in [1.54, 1.807) is 78.1 Å². The van der Waals surface area contributed by atoms with Crippen molar-refractivity contribution in [3.05, 3.63) is 59.7 Å². The molecule has 9 nitrogen and oxygen atoms in total. The minimum atomic E-state index is -1.13. The van der Waals surface area contributed by atoms with Crippen molar-refractivity contribution in [1.82, 2.24) is 10.2 Å². The van der Waals surface area contributed by atoms with Gasteiger partial charge < -0.3 is 25.0 Å². The molecule has 2 N–H and O–H groups in total. The van der Waals surface area contributed by atoms with Gasteiger partial charge in [-0.25, -0.2) is 4.79 Å². The summed E-state index contributed by atoms with van der Waals surface area (Å²) in [5.41, 5.74) is 1.08. The highest BCUT2D eigenvalue weighted by molar-refractivity contribution is 5.99. The van der Waals surface area contributed by atoms with Crippen LogP contribution in [0.25, 0.3) is 0 Å². The number of aryl methyl sites for hydroxylation is 1. The van der Waals surface area contributed by atoms with Crippen LogP contribution in [0.5, 0.6) is 5.75 Å². The van der Waals surface area contributed by atoms with Crippen LogP contribution in [0, 0.1) is 24.2 Å². The van der Waals surface area contributed by atoms with E-state index in [-0.39, 0.29) is 12.5 Å². The zero-order chi connectivity index (χ0) is 27.8. The summed E-state index contributed by atoms with van der Waals surface area (Å²) in [4.78, 5) is 41.3. The third-order valence-electron chi connectivity index (χ3n) is 5.53. The maximum atomic E-state index is 13.9. The van der Waals surface area contributed by atoms with Gasteiger partial charge in [0, 0.05) is 5.69 Å². The molecule has 0 aliphatic carbocycles. The number of nitrogens with zero attached hydrogens (tertiary/aromatic N) is 2. The number of nitriles is 1. The van der Waals surface area contributed by atoms with E-state index in [4.69, 9.17) is 9.47 Å². The van der Waals surface area contributed by atoms with E-state index in [1.807, 2.05) is 25.1 Å². The second-order valence-electron chi connectivity index (χ2n) is 9.97. The van der Waals surface area contributed by atoms with Gasteiger partial charge in [0.05, 0.1) is 13.2 Å². The Labute approximate surface area is 218 Å². The molecule has 2 unspecified atom stereocenters. The largest absolute Gasteiger partial charge is 0.497 e. The molecule has 0 aliphatic rings. The molecule has 198 valence electrons. The van der Waals surface area contributed by atoms with E-state index >= 15 is 0 Å². The SMILES string of the molecule is COc1ccc(NC(=O)C(c2ccccc2C)N(CC#N)C(=O)C(NC(=O)OC(C)(C)C)C(C)C)cc1. The van der Waals surface area contributed by atoms with Crippen LogP contribution in [0.3, 0.4) is 0 Å². The van der Waals surface area contributed by atoms with Crippen molar-refractivity contribution in [2.24, 2.45) is 5.92 Å². The van der Waals surface area contributed by atoms with E-state index in [2.05, 4.69) is 10.6 Å². The number of rotatable bonds is 9. The minimum Gasteiger partial charge on any atom is -0.497 e. The van der Waals surface area contributed by atoms with Gasteiger partial charge in [-0.3, -0.25) is 9.59 Å². The number of carbonyl (C=O) groups is 3. The molecule has 9 heteroatoms. The highest BCUT2D eigenvalue weighted by atomic mass is 16.6. The van der Waals surface area contributed by atoms with Gasteiger partial charge in [-0.05, 0) is 69.0 Å². The van der Waals surface area contributed by atoms with Gasteiger partial charge >= 0.3 is 6.09 Å². The molecule has 37 heavy (non-hydrogen) atoms. The monoisotopic (exact) mass is 508 g/mol. The first-order chi connectivity index (χ1) is 17.4. The quantitative estimate of drug-likeness (QED) is 0.478. The molecular formula is C28H36N4O5. The molecule has 3 amide bonds. The summed E-state index contributed by atoms with van der Waals surface area (Å²) in [5, 5.41) is 15.1. The van der Waals surface area contributed by atoms with E-state index in [9.17, 15) is 19.6 Å². The Morgan fingerprint density at radius 1 is 1.05 bits per heavy atom. The zero-order valence-electron chi connectivity index (χ0n) is 22.5. The molecular weight excluding hydrogens is 472 g/mol. The Hall–Kier alpha value is -4.06. The first-order valence-corrected chi connectivity index (χ1v) is 12.0. The van der Waals surface area contributed by atoms with Crippen LogP contribution in [-0.2, 0) is 14.3 Å². The number of amides is 3. The second-order valence-corrected chi connectivity index (χ2v) is 9.97. The van der Waals surface area contributed by atoms with Crippen LogP contribution in [-0.4, -0.2) is 48.1 Å². The van der Waals surface area contributed by atoms with Gasteiger partial charge in [0.2, 0.25) is 5.91 Å². The average molecular weight is 509 g/mol. The lowest BCUT2D eigenvalue weighted by Gasteiger charge is -2.34. The Bertz CT molecular complexity index is 1130. The summed E-state index contributed by atoms with van der Waals surface area (Å²) in [6.07, 6.45) is -0.758. The number of carbonyl (C=O) groups excluding carboxylic acids is 3. The molecule has 0 heterocycles. The summed E-state index contributed by atoms with van der Waals surface area (Å²) in [5.74, 6) is -0.783. The number of methoxy groups -OCH3 is 1. The second kappa shape index (κ2) is 12.8. The predicted molar refractivity (Wildman–Crippen MR) is 141 cm³/mol. The molecule has 2 aromatic rings. The summed E-state index contributed by atoms with van der Waals surface area (Å²) in [6.45, 7) is 10.2. The van der Waals surface area contributed by atoms with Crippen molar-refractivity contribution < 1.29 is 23.9 Å². The minimum absolute atomic E-state index is 0.344. The molecule has 0 bridgehead atoms. The Morgan fingerprint density at radius 2 is 1.68 bits per heavy atom. The van der Waals surface area contributed by atoms with Gasteiger partial charge in [-0.15, -0.1) is 0 Å². The first kappa shape index (κ1) is 29.2. The van der Waals surface area contributed by atoms with Crippen LogP contribution < -0.4 is 15.4 Å². The topological polar surface area (TPSA) is 121 Å². The van der Waals surface area contributed by atoms with Crippen molar-refractivity contribution in [2.75, 3.05) is 19.0 Å². The summed E-state index contributed by atoms with van der Waals surface area (Å²) in [6, 6.07) is 13.8. The van der Waals surface area contributed by atoms with Gasteiger partial charge in [0.1, 0.15) is 30.0 Å². The summed E-state index contributed by atoms with van der Waals surface area (Å²) >= 11 is 0. The lowest BCUT2D eigenvalue weighted by atomic mass is 9.96. The van der Waals surface area contributed by atoms with Crippen molar-refractivity contribution in [1.29, 1.82) is 5.26 Å². The smallest absolute Gasteiger partial charge is 0.408 e. The van der Waals surface area contributed by atoms with Crippen LogP contribution >= 0.6 is 0 Å². The van der Waals surface area contributed by atoms with Crippen LogP contribution in [0.15, 0.2) is 48.5 Å². The lowest BCUT2D eigenvalue weighted by molar-refractivity contribution is -0.141. The van der Waals surface area contributed by atoms with E-state index in [0.29, 0.717) is 17.0 Å². The fourth-order valence-corrected chi connectivity index (χ4v) is 3.73. The fourth-order valence-electron chi connectivity index (χ4n) is 3.73. The summed E-state index contributed by atoms with van der Waals surface area (Å²) in [7, 11) is 1.55. The van der Waals surface area contributed by atoms with Gasteiger partial charge in [0.25, 0.3) is 5.91 Å². The number of benzene rings is 2. The molecule has 2 atom stereocenters. The Morgan fingerprint density at radius 3 is 2.19 bits per heavy atom. The predicted octanol–water partition coefficient (Wildman–Crippen LogP) is 4.58. The first-order valence-electron chi connectivity index (χ1n) is 12.0. The van der Waals surface area contributed by atoms with E-state index in [0.717, 1.165) is 5.56 Å². The molecule has 2 rings (SSSR count). The maximum Gasteiger partial charge on any atom is 0.408 e. The van der Waals surface area contributed by atoms with Crippen molar-refractivity contribution in [2.45, 2.75) is 59.2 Å². The lowest BCUT2D eigenvalue weighted by Crippen LogP contribution is -2.54. The average Bonchev–Trinajstić information content (AvgIpc) is 2.82. The van der Waals surface area contributed by atoms with Crippen molar-refractivity contribution in [3.8, 4) is 11.8 Å². The molecule has 0 spiro atoms. The highest BCUT2D eigenvalue weighted by Gasteiger charge is 2.38. The molecule has 0 aliphatic heterocycles. The third-order valence-corrected chi connectivity index (χ3v) is 5.53. The van der Waals surface area contributed by atoms with Gasteiger partial charge in [0.15, 0.2) is 0 Å². The fraction of sp³-hybridized carbons (Fsp3) is 0.429. The number of hydrogen-bond donors (Lipinski definition) is 2. The normalized spacial score (nSPS) is 12.6. The molecule has 0 radical (unpaired) electrons. The molecule has 0 aromatic heterocycles. The zero-order valence-corrected chi connectivity index (χ0v) is 22.5. The molecule has 2 aromatic carbocycles. The number of nitrogens with one attached hydrogen (secondary N) is 2. The Balaban J connectivity index is 2.49. The standard InChI is InChI=1S/C28H36N4O5/c1-18(2)23(31-27(35)37-28(4,5)6)26(34)32(17-16-29)24(22-11-9-8-10-19(22)3)25(33)30-20-12-14-21(36-7)15-13-20/h8-15,18,23-24H,17H2,1-7H3,(H,30,33)(H,31,35). The number of hydrogen-bond acceptors (Lipinski definition) is 6. The summed E-state index contributed by atoms with van der Waals surface area (Å²) < 4.78 is 10.5. The number of alkyl carbamates (subject to hydrolysis) is 1. The van der Waals surface area contributed by atoms with E-state index in [1.165, 1.54) is 4.90 Å². The van der Waals surface area contributed by atoms with Crippen molar-refractivity contribution >= 4 is 23.6 Å². The Kier molecular flexibility index (Phi) is 10.1. The van der Waals surface area contributed by atoms with Gasteiger partial charge in [-0.1, -0.05) is 38.1 Å². The number of ether oxygens (including phenoxy) is 2. The van der Waals surface area contributed by atoms with Crippen LogP contribution in [0.2, 0.25) is 0 Å².